The van der Waals surface area contributed by atoms with E-state index in [2.05, 4.69) is 29.3 Å². The molecule has 1 aliphatic rings. The average molecular weight is 583 g/mol. The van der Waals surface area contributed by atoms with Crippen LogP contribution >= 0.6 is 0 Å². The number of carbonyl (C=O) groups is 1. The highest BCUT2D eigenvalue weighted by atomic mass is 16.6. The maximum absolute atomic E-state index is 13.0. The molecule has 2 atom stereocenters. The van der Waals surface area contributed by atoms with Gasteiger partial charge in [0.25, 0.3) is 0 Å². The fourth-order valence-electron chi connectivity index (χ4n) is 5.58. The third-order valence-corrected chi connectivity index (χ3v) is 7.95. The zero-order valence-electron chi connectivity index (χ0n) is 25.6. The first-order valence-electron chi connectivity index (χ1n) is 16.2. The quantitative estimate of drug-likeness (QED) is 0.145. The zero-order valence-corrected chi connectivity index (χ0v) is 25.6. The number of likely N-dealkylation sites (N-methyl/N-ethyl adjacent to an activating group) is 1. The normalized spacial score (nSPS) is 13.8. The summed E-state index contributed by atoms with van der Waals surface area (Å²) >= 11 is 0. The van der Waals surface area contributed by atoms with E-state index in [1.54, 1.807) is 0 Å². The number of fused-ring (bicyclic) bond motifs is 1. The summed E-state index contributed by atoms with van der Waals surface area (Å²) in [7, 11) is 2.02. The molecule has 2 N–H and O–H groups in total. The topological polar surface area (TPSA) is 71.0 Å². The lowest BCUT2D eigenvalue weighted by Gasteiger charge is -2.30. The minimum atomic E-state index is -0.861. The third-order valence-electron chi connectivity index (χ3n) is 7.95. The first kappa shape index (κ1) is 35.6. The molecule has 0 aromatic heterocycles. The number of carbonyl (C=O) groups excluding carboxylic acids is 1. The molecule has 2 aromatic rings. The standard InChI is InChI=1S/C35H54N2O4.CH4/c1-3-4-5-6-7-8-9-10-11-12-13-14-18-21-34(38)36-31(28-37(2)27-29-19-16-15-17-20-29)35(39)30-22-23-32-33(26-30)41-25-24-40-32;/h15-17,19-20,22-23,26,31,35,39H,3-14,18,21,24-25,27-28H2,1-2H3,(H,36,38);1H4/t31-,35-;/m1./s1. The lowest BCUT2D eigenvalue weighted by atomic mass is 10.00. The summed E-state index contributed by atoms with van der Waals surface area (Å²) in [5.74, 6) is 1.33. The smallest absolute Gasteiger partial charge is 0.220 e. The summed E-state index contributed by atoms with van der Waals surface area (Å²) in [5, 5.41) is 14.5. The fraction of sp³-hybridized carbons (Fsp3) is 0.639. The highest BCUT2D eigenvalue weighted by Gasteiger charge is 2.26. The number of nitrogens with one attached hydrogen (secondary N) is 1. The maximum atomic E-state index is 13.0. The van der Waals surface area contributed by atoms with E-state index < -0.39 is 12.1 Å². The minimum absolute atomic E-state index is 0. The molecule has 2 aromatic carbocycles. The van der Waals surface area contributed by atoms with Crippen molar-refractivity contribution in [1.82, 2.24) is 10.2 Å². The van der Waals surface area contributed by atoms with Gasteiger partial charge in [0.05, 0.1) is 6.04 Å². The molecule has 6 heteroatoms. The van der Waals surface area contributed by atoms with E-state index in [9.17, 15) is 9.90 Å². The van der Waals surface area contributed by atoms with Crippen molar-refractivity contribution in [2.75, 3.05) is 26.8 Å². The Labute approximate surface area is 256 Å². The molecule has 236 valence electrons. The summed E-state index contributed by atoms with van der Waals surface area (Å²) < 4.78 is 11.4. The average Bonchev–Trinajstić information content (AvgIpc) is 2.99. The lowest BCUT2D eigenvalue weighted by Crippen LogP contribution is -2.46. The Bertz CT molecular complexity index is 984. The van der Waals surface area contributed by atoms with Crippen LogP contribution in [0, 0.1) is 0 Å². The van der Waals surface area contributed by atoms with Gasteiger partial charge >= 0.3 is 0 Å². The van der Waals surface area contributed by atoms with Crippen LogP contribution in [0.1, 0.15) is 121 Å². The van der Waals surface area contributed by atoms with Gasteiger partial charge in [0, 0.05) is 19.5 Å². The maximum Gasteiger partial charge on any atom is 0.220 e. The van der Waals surface area contributed by atoms with Crippen molar-refractivity contribution in [3.63, 3.8) is 0 Å². The second-order valence-corrected chi connectivity index (χ2v) is 11.7. The van der Waals surface area contributed by atoms with Gasteiger partial charge in [-0.1, -0.05) is 128 Å². The van der Waals surface area contributed by atoms with Gasteiger partial charge in [-0.15, -0.1) is 0 Å². The monoisotopic (exact) mass is 582 g/mol. The van der Waals surface area contributed by atoms with Gasteiger partial charge in [-0.3, -0.25) is 9.69 Å². The second kappa shape index (κ2) is 21.2. The Kier molecular flexibility index (Phi) is 18.0. The van der Waals surface area contributed by atoms with E-state index in [1.807, 2.05) is 43.4 Å². The molecule has 0 fully saturated rings. The molecule has 0 aliphatic carbocycles. The SMILES string of the molecule is C.CCCCCCCCCCCCCCCC(=O)N[C@H](CN(C)Cc1ccccc1)[C@H](O)c1ccc2c(c1)OCCO2. The lowest BCUT2D eigenvalue weighted by molar-refractivity contribution is -0.123. The Balaban J connectivity index is 0.00000616. The number of ether oxygens (including phenoxy) is 2. The number of rotatable bonds is 21. The highest BCUT2D eigenvalue weighted by Crippen LogP contribution is 2.33. The van der Waals surface area contributed by atoms with Gasteiger partial charge in [0.2, 0.25) is 5.91 Å². The number of aliphatic hydroxyl groups excluding tert-OH is 1. The molecular formula is C36H58N2O4. The van der Waals surface area contributed by atoms with Gasteiger partial charge in [-0.2, -0.15) is 0 Å². The molecule has 42 heavy (non-hydrogen) atoms. The first-order valence-corrected chi connectivity index (χ1v) is 16.2. The van der Waals surface area contributed by atoms with Crippen LogP contribution in [0.25, 0.3) is 0 Å². The molecule has 1 amide bonds. The molecule has 0 unspecified atom stereocenters. The van der Waals surface area contributed by atoms with Crippen molar-refractivity contribution >= 4 is 5.91 Å². The number of benzene rings is 2. The highest BCUT2D eigenvalue weighted by molar-refractivity contribution is 5.76. The van der Waals surface area contributed by atoms with Crippen molar-refractivity contribution in [1.29, 1.82) is 0 Å². The van der Waals surface area contributed by atoms with Crippen LogP contribution in [0.2, 0.25) is 0 Å². The Morgan fingerprint density at radius 1 is 0.833 bits per heavy atom. The molecule has 6 nitrogen and oxygen atoms in total. The van der Waals surface area contributed by atoms with Crippen molar-refractivity contribution in [3.05, 3.63) is 59.7 Å². The summed E-state index contributed by atoms with van der Waals surface area (Å²) in [5.41, 5.74) is 1.91. The predicted octanol–water partition coefficient (Wildman–Crippen LogP) is 8.23. The number of unbranched alkanes of at least 4 members (excludes halogenated alkanes) is 12. The number of aliphatic hydroxyl groups is 1. The number of amides is 1. The van der Waals surface area contributed by atoms with Crippen molar-refractivity contribution in [2.45, 2.75) is 123 Å². The van der Waals surface area contributed by atoms with Gasteiger partial charge in [-0.05, 0) is 36.7 Å². The van der Waals surface area contributed by atoms with Crippen LogP contribution in [0.4, 0.5) is 0 Å². The first-order chi connectivity index (χ1) is 20.1. The molecular weight excluding hydrogens is 524 g/mol. The summed E-state index contributed by atoms with van der Waals surface area (Å²) in [6.07, 6.45) is 16.3. The zero-order chi connectivity index (χ0) is 29.1. The van der Waals surface area contributed by atoms with Crippen molar-refractivity contribution < 1.29 is 19.4 Å². The van der Waals surface area contributed by atoms with Crippen LogP contribution in [0.3, 0.4) is 0 Å². The number of nitrogens with zero attached hydrogens (tertiary/aromatic N) is 1. The minimum Gasteiger partial charge on any atom is -0.486 e. The number of hydrogen-bond donors (Lipinski definition) is 2. The van der Waals surface area contributed by atoms with Crippen LogP contribution in [-0.4, -0.2) is 48.8 Å². The molecule has 0 saturated carbocycles. The summed E-state index contributed by atoms with van der Waals surface area (Å²) in [4.78, 5) is 15.1. The second-order valence-electron chi connectivity index (χ2n) is 11.7. The van der Waals surface area contributed by atoms with E-state index in [1.165, 1.54) is 76.2 Å². The summed E-state index contributed by atoms with van der Waals surface area (Å²) in [6.45, 7) is 4.54. The Morgan fingerprint density at radius 2 is 1.40 bits per heavy atom. The van der Waals surface area contributed by atoms with Crippen molar-refractivity contribution in [2.24, 2.45) is 0 Å². The molecule has 3 rings (SSSR count). The Morgan fingerprint density at radius 3 is 2.02 bits per heavy atom. The van der Waals surface area contributed by atoms with Crippen LogP contribution < -0.4 is 14.8 Å². The molecule has 0 bridgehead atoms. The molecule has 0 saturated heterocycles. The Hall–Kier alpha value is -2.57. The largest absolute Gasteiger partial charge is 0.486 e. The van der Waals surface area contributed by atoms with Crippen LogP contribution in [-0.2, 0) is 11.3 Å². The third kappa shape index (κ3) is 13.6. The molecule has 0 spiro atoms. The van der Waals surface area contributed by atoms with Crippen LogP contribution in [0.15, 0.2) is 48.5 Å². The van der Waals surface area contributed by atoms with Gasteiger partial charge in [-0.25, -0.2) is 0 Å². The van der Waals surface area contributed by atoms with Gasteiger partial charge in [0.15, 0.2) is 11.5 Å². The van der Waals surface area contributed by atoms with Gasteiger partial charge in [0.1, 0.15) is 19.3 Å². The van der Waals surface area contributed by atoms with E-state index in [4.69, 9.17) is 9.47 Å². The van der Waals surface area contributed by atoms with E-state index in [-0.39, 0.29) is 13.3 Å². The summed E-state index contributed by atoms with van der Waals surface area (Å²) in [6, 6.07) is 15.3. The van der Waals surface area contributed by atoms with Crippen LogP contribution in [0.5, 0.6) is 11.5 Å². The van der Waals surface area contributed by atoms with E-state index in [0.29, 0.717) is 43.2 Å². The van der Waals surface area contributed by atoms with Crippen molar-refractivity contribution in [3.8, 4) is 11.5 Å². The fourth-order valence-corrected chi connectivity index (χ4v) is 5.58. The predicted molar refractivity (Wildman–Crippen MR) is 174 cm³/mol. The molecule has 0 radical (unpaired) electrons. The van der Waals surface area contributed by atoms with E-state index >= 15 is 0 Å². The molecule has 1 heterocycles. The van der Waals surface area contributed by atoms with Gasteiger partial charge < -0.3 is 19.9 Å². The molecule has 1 aliphatic heterocycles. The number of hydrogen-bond acceptors (Lipinski definition) is 5. The van der Waals surface area contributed by atoms with E-state index in [0.717, 1.165) is 19.4 Å².